The van der Waals surface area contributed by atoms with Crippen LogP contribution in [0.5, 0.6) is 0 Å². The van der Waals surface area contributed by atoms with Crippen LogP contribution in [0.2, 0.25) is 0 Å². The third kappa shape index (κ3) is 70.0. The van der Waals surface area contributed by atoms with E-state index in [1.807, 2.05) is 21.1 Å². The van der Waals surface area contributed by atoms with Crippen molar-refractivity contribution in [3.8, 4) is 0 Å². The van der Waals surface area contributed by atoms with Crippen LogP contribution in [-0.2, 0) is 32.7 Å². The lowest BCUT2D eigenvalue weighted by molar-refractivity contribution is -0.870. The van der Waals surface area contributed by atoms with Crippen LogP contribution in [-0.4, -0.2) is 70.0 Å². The standard InChI is InChI=1S/C76H136NO8P/c1-6-8-10-12-14-16-18-20-22-24-26-28-30-31-32-33-34-35-36-37-38-39-40-41-42-43-44-45-47-49-51-53-55-57-59-61-63-65-67-69-76(79)85-74(73-84-86(80,81)83-71-70-77(3,4)5)72-82-75(78)68-66-64-62-60-58-56-54-52-50-48-46-29-27-25-23-21-19-17-15-13-11-9-7-2/h8,10,14,16,20,22,26,28,31-32,34-35,37-38,40-41,74H,6-7,9,11-13,15,17-19,21,23-25,27,29-30,33,36,39,42-73H2,1-5H3/b10-8-,16-14-,22-20-,28-26-,32-31-,35-34-,38-37-,41-40-. The van der Waals surface area contributed by atoms with Gasteiger partial charge in [0.2, 0.25) is 0 Å². The van der Waals surface area contributed by atoms with Gasteiger partial charge in [-0.2, -0.15) is 0 Å². The Morgan fingerprint density at radius 1 is 0.372 bits per heavy atom. The zero-order chi connectivity index (χ0) is 62.6. The largest absolute Gasteiger partial charge is 0.756 e. The van der Waals surface area contributed by atoms with E-state index in [1.165, 1.54) is 199 Å². The second-order valence-electron chi connectivity index (χ2n) is 25.2. The Hall–Kier alpha value is -3.07. The van der Waals surface area contributed by atoms with Gasteiger partial charge in [0, 0.05) is 12.8 Å². The molecule has 0 rings (SSSR count). The van der Waals surface area contributed by atoms with Crippen molar-refractivity contribution < 1.29 is 42.1 Å². The van der Waals surface area contributed by atoms with E-state index in [2.05, 4.69) is 111 Å². The number of hydrogen-bond acceptors (Lipinski definition) is 8. The fourth-order valence-electron chi connectivity index (χ4n) is 10.1. The Kier molecular flexibility index (Phi) is 64.0. The fraction of sp³-hybridized carbons (Fsp3) is 0.763. The molecule has 86 heavy (non-hydrogen) atoms. The van der Waals surface area contributed by atoms with Crippen molar-refractivity contribution in [3.05, 3.63) is 97.2 Å². The zero-order valence-electron chi connectivity index (χ0n) is 56.7. The SMILES string of the molecule is CC/C=C\C/C=C\C/C=C\C/C=C\C/C=C\C/C=C\C/C=C\C/C=C\CCCCCCCCCCCCCCCCC(=O)OC(COC(=O)CCCCCCCCCCCCCCCCCCCCCCCCC)COP(=O)([O-])OCC[N+](C)(C)C. The summed E-state index contributed by atoms with van der Waals surface area (Å²) in [7, 11) is 1.17. The molecule has 498 valence electrons. The van der Waals surface area contributed by atoms with Crippen molar-refractivity contribution in [2.45, 2.75) is 328 Å². The number of carbonyl (C=O) groups is 2. The van der Waals surface area contributed by atoms with Gasteiger partial charge in [0.1, 0.15) is 19.8 Å². The monoisotopic (exact) mass is 1220 g/mol. The number of likely N-dealkylation sites (N-methyl/N-ethyl adjacent to an activating group) is 1. The summed E-state index contributed by atoms with van der Waals surface area (Å²) in [5.41, 5.74) is 0. The van der Waals surface area contributed by atoms with Crippen LogP contribution in [0.25, 0.3) is 0 Å². The van der Waals surface area contributed by atoms with Crippen molar-refractivity contribution in [1.29, 1.82) is 0 Å². The highest BCUT2D eigenvalue weighted by Crippen LogP contribution is 2.38. The first-order chi connectivity index (χ1) is 42.0. The molecule has 0 amide bonds. The molecule has 0 fully saturated rings. The predicted octanol–water partition coefficient (Wildman–Crippen LogP) is 22.9. The van der Waals surface area contributed by atoms with Crippen molar-refractivity contribution in [3.63, 3.8) is 0 Å². The van der Waals surface area contributed by atoms with Gasteiger partial charge < -0.3 is 27.9 Å². The molecule has 0 aliphatic carbocycles. The number of hydrogen-bond donors (Lipinski definition) is 0. The van der Waals surface area contributed by atoms with Crippen LogP contribution in [0.1, 0.15) is 322 Å². The summed E-state index contributed by atoms with van der Waals surface area (Å²) in [6, 6.07) is 0. The van der Waals surface area contributed by atoms with E-state index < -0.39 is 26.5 Å². The van der Waals surface area contributed by atoms with E-state index >= 15 is 0 Å². The van der Waals surface area contributed by atoms with Crippen LogP contribution in [0.4, 0.5) is 0 Å². The fourth-order valence-corrected chi connectivity index (χ4v) is 10.9. The first-order valence-electron chi connectivity index (χ1n) is 35.9. The van der Waals surface area contributed by atoms with Gasteiger partial charge in [-0.05, 0) is 77.0 Å². The van der Waals surface area contributed by atoms with Crippen molar-refractivity contribution >= 4 is 19.8 Å². The summed E-state index contributed by atoms with van der Waals surface area (Å²) in [5, 5.41) is 0. The zero-order valence-corrected chi connectivity index (χ0v) is 57.6. The molecule has 2 unspecified atom stereocenters. The van der Waals surface area contributed by atoms with Crippen molar-refractivity contribution in [1.82, 2.24) is 0 Å². The lowest BCUT2D eigenvalue weighted by Crippen LogP contribution is -2.37. The molecule has 0 N–H and O–H groups in total. The Bertz CT molecular complexity index is 1770. The second kappa shape index (κ2) is 66.4. The van der Waals surface area contributed by atoms with E-state index in [9.17, 15) is 19.0 Å². The average Bonchev–Trinajstić information content (AvgIpc) is 3.56. The number of nitrogens with zero attached hydrogens (tertiary/aromatic N) is 1. The molecule has 0 aliphatic heterocycles. The first-order valence-corrected chi connectivity index (χ1v) is 37.4. The number of unbranched alkanes of at least 4 members (excludes halogenated alkanes) is 36. The maximum atomic E-state index is 12.9. The summed E-state index contributed by atoms with van der Waals surface area (Å²) in [6.45, 7) is 4.17. The normalized spacial score (nSPS) is 13.7. The molecule has 9 nitrogen and oxygen atoms in total. The minimum atomic E-state index is -4.64. The third-order valence-electron chi connectivity index (χ3n) is 15.6. The van der Waals surface area contributed by atoms with Gasteiger partial charge >= 0.3 is 11.9 Å². The number of esters is 2. The summed E-state index contributed by atoms with van der Waals surface area (Å²) >= 11 is 0. The molecular weight excluding hydrogens is 1090 g/mol. The molecule has 0 saturated carbocycles. The summed E-state index contributed by atoms with van der Waals surface area (Å²) < 4.78 is 34.3. The number of allylic oxidation sites excluding steroid dienone is 16. The molecule has 2 atom stereocenters. The van der Waals surface area contributed by atoms with E-state index in [-0.39, 0.29) is 32.0 Å². The highest BCUT2D eigenvalue weighted by Gasteiger charge is 2.22. The summed E-state index contributed by atoms with van der Waals surface area (Å²) in [6.07, 6.45) is 92.0. The van der Waals surface area contributed by atoms with Gasteiger partial charge in [-0.25, -0.2) is 0 Å². The summed E-state index contributed by atoms with van der Waals surface area (Å²) in [5.74, 6) is -0.821. The Labute approximate surface area is 532 Å². The number of phosphoric ester groups is 1. The van der Waals surface area contributed by atoms with Crippen molar-refractivity contribution in [2.24, 2.45) is 0 Å². The van der Waals surface area contributed by atoms with E-state index in [4.69, 9.17) is 18.5 Å². The quantitative estimate of drug-likeness (QED) is 0.0195. The molecule has 0 bridgehead atoms. The van der Waals surface area contributed by atoms with Gasteiger partial charge in [-0.3, -0.25) is 14.2 Å². The van der Waals surface area contributed by atoms with Crippen LogP contribution in [0.15, 0.2) is 97.2 Å². The second-order valence-corrected chi connectivity index (χ2v) is 26.6. The van der Waals surface area contributed by atoms with Gasteiger partial charge in [-0.1, -0.05) is 329 Å². The topological polar surface area (TPSA) is 111 Å². The molecule has 0 aliphatic rings. The van der Waals surface area contributed by atoms with Gasteiger partial charge in [0.05, 0.1) is 27.7 Å². The number of ether oxygens (including phenoxy) is 2. The number of quaternary nitrogens is 1. The molecular formula is C76H136NO8P. The van der Waals surface area contributed by atoms with E-state index in [1.54, 1.807) is 0 Å². The van der Waals surface area contributed by atoms with E-state index in [0.29, 0.717) is 17.4 Å². The van der Waals surface area contributed by atoms with Crippen LogP contribution >= 0.6 is 7.82 Å². The Balaban J connectivity index is 4.02. The van der Waals surface area contributed by atoms with Gasteiger partial charge in [0.15, 0.2) is 6.10 Å². The van der Waals surface area contributed by atoms with Crippen LogP contribution in [0, 0.1) is 0 Å². The Morgan fingerprint density at radius 3 is 0.988 bits per heavy atom. The minimum Gasteiger partial charge on any atom is -0.756 e. The molecule has 0 aromatic heterocycles. The lowest BCUT2D eigenvalue weighted by atomic mass is 10.0. The molecule has 0 aromatic rings. The Morgan fingerprint density at radius 2 is 0.663 bits per heavy atom. The maximum Gasteiger partial charge on any atom is 0.306 e. The van der Waals surface area contributed by atoms with Crippen LogP contribution in [0.3, 0.4) is 0 Å². The van der Waals surface area contributed by atoms with Gasteiger partial charge in [0.25, 0.3) is 7.82 Å². The molecule has 0 radical (unpaired) electrons. The van der Waals surface area contributed by atoms with E-state index in [0.717, 1.165) is 89.9 Å². The molecule has 0 spiro atoms. The highest BCUT2D eigenvalue weighted by molar-refractivity contribution is 7.45. The van der Waals surface area contributed by atoms with Crippen LogP contribution < -0.4 is 4.89 Å². The molecule has 10 heteroatoms. The highest BCUT2D eigenvalue weighted by atomic mass is 31.2. The molecule has 0 heterocycles. The number of rotatable bonds is 66. The van der Waals surface area contributed by atoms with Gasteiger partial charge in [-0.15, -0.1) is 0 Å². The predicted molar refractivity (Wildman–Crippen MR) is 369 cm³/mol. The smallest absolute Gasteiger partial charge is 0.306 e. The average molecular weight is 1220 g/mol. The minimum absolute atomic E-state index is 0.0317. The van der Waals surface area contributed by atoms with Crippen molar-refractivity contribution in [2.75, 3.05) is 47.5 Å². The maximum absolute atomic E-state index is 12.9. The molecule has 0 saturated heterocycles. The number of phosphoric acid groups is 1. The first kappa shape index (κ1) is 82.9. The molecule has 0 aromatic carbocycles. The lowest BCUT2D eigenvalue weighted by Gasteiger charge is -2.28. The number of carbonyl (C=O) groups excluding carboxylic acids is 2. The summed E-state index contributed by atoms with van der Waals surface area (Å²) in [4.78, 5) is 38.1. The third-order valence-corrected chi connectivity index (χ3v) is 16.6.